The normalized spacial score (nSPS) is 12.2. The molecule has 0 aliphatic carbocycles. The number of hydrogen-bond acceptors (Lipinski definition) is 8. The van der Waals surface area contributed by atoms with E-state index in [1.165, 1.54) is 18.2 Å². The summed E-state index contributed by atoms with van der Waals surface area (Å²) < 4.78 is 10.5. The number of aliphatic carboxylic acids is 1. The first-order valence-electron chi connectivity index (χ1n) is 17.3. The van der Waals surface area contributed by atoms with E-state index in [-0.39, 0.29) is 36.7 Å². The summed E-state index contributed by atoms with van der Waals surface area (Å²) in [6, 6.07) is 30.2. The Kier molecular flexibility index (Phi) is 14.7. The molecule has 0 unspecified atom stereocenters. The molecule has 0 aliphatic heterocycles. The molecule has 54 heavy (non-hydrogen) atoms. The smallest absolute Gasteiger partial charge is 0.408 e. The number of hydrogen-bond donors (Lipinski definition) is 5. The molecule has 13 heteroatoms. The summed E-state index contributed by atoms with van der Waals surface area (Å²) in [5, 5.41) is 24.1. The summed E-state index contributed by atoms with van der Waals surface area (Å²) in [5.74, 6) is -4.34. The average Bonchev–Trinajstić information content (AvgIpc) is 3.13. The molecule has 5 N–H and O–H groups in total. The third-order valence-electron chi connectivity index (χ3n) is 8.07. The second kappa shape index (κ2) is 19.6. The molecule has 2 atom stereocenters. The Bertz CT molecular complexity index is 1830. The maximum atomic E-state index is 13.9. The number of amides is 3. The lowest BCUT2D eigenvalue weighted by Gasteiger charge is -2.25. The van der Waals surface area contributed by atoms with Gasteiger partial charge in [0.25, 0.3) is 5.91 Å². The second-order valence-corrected chi connectivity index (χ2v) is 13.4. The first kappa shape index (κ1) is 40.6. The van der Waals surface area contributed by atoms with Crippen LogP contribution in [0, 0.1) is 0 Å². The maximum absolute atomic E-state index is 13.9. The van der Waals surface area contributed by atoms with Crippen molar-refractivity contribution < 1.29 is 48.5 Å². The van der Waals surface area contributed by atoms with Crippen LogP contribution in [0.2, 0.25) is 0 Å². The lowest BCUT2D eigenvalue weighted by molar-refractivity contribution is -0.139. The number of ether oxygens (including phenoxy) is 2. The second-order valence-electron chi connectivity index (χ2n) is 13.4. The van der Waals surface area contributed by atoms with E-state index in [9.17, 15) is 29.1 Å². The fraction of sp³-hybridized carbons (Fsp3) is 0.293. The number of aromatic carboxylic acids is 1. The zero-order valence-corrected chi connectivity index (χ0v) is 30.3. The van der Waals surface area contributed by atoms with Gasteiger partial charge in [0.05, 0.1) is 6.61 Å². The summed E-state index contributed by atoms with van der Waals surface area (Å²) in [6.45, 7) is 4.40. The van der Waals surface area contributed by atoms with E-state index in [4.69, 9.17) is 19.4 Å². The molecule has 0 aliphatic rings. The lowest BCUT2D eigenvalue weighted by Crippen LogP contribution is -2.55. The third-order valence-corrected chi connectivity index (χ3v) is 8.07. The lowest BCUT2D eigenvalue weighted by atomic mass is 9.89. The van der Waals surface area contributed by atoms with Crippen molar-refractivity contribution in [2.75, 3.05) is 13.2 Å². The number of benzene rings is 4. The molecule has 0 spiro atoms. The number of rotatable bonds is 18. The van der Waals surface area contributed by atoms with Crippen molar-refractivity contribution in [2.24, 2.45) is 0 Å². The van der Waals surface area contributed by atoms with Crippen molar-refractivity contribution in [1.29, 1.82) is 0 Å². The van der Waals surface area contributed by atoms with Crippen molar-refractivity contribution in [3.8, 4) is 5.75 Å². The molecule has 13 nitrogen and oxygen atoms in total. The largest absolute Gasteiger partial charge is 0.481 e. The Hall–Kier alpha value is -6.21. The molecule has 0 bridgehead atoms. The topological polar surface area (TPSA) is 190 Å². The molecule has 3 amide bonds. The first-order chi connectivity index (χ1) is 25.8. The van der Waals surface area contributed by atoms with Gasteiger partial charge in [0, 0.05) is 18.8 Å². The first-order valence-corrected chi connectivity index (χ1v) is 17.3. The van der Waals surface area contributed by atoms with Gasteiger partial charge in [-0.2, -0.15) is 0 Å². The zero-order chi connectivity index (χ0) is 39.1. The number of carbonyl (C=O) groups is 5. The molecule has 0 heterocycles. The van der Waals surface area contributed by atoms with Gasteiger partial charge >= 0.3 is 18.0 Å². The Balaban J connectivity index is 1.56. The SMILES string of the molecule is CC(C)(C)OC(=O)N[C@@H](Cc1ccccc1)C(=O)N[C@@H](Cc1ccc(OCC(=O)O)c(C(=O)O)c1)C(=O)NOCCC(c1ccccc1)c1ccccc1. The minimum absolute atomic E-state index is 0.0335. The van der Waals surface area contributed by atoms with Crippen LogP contribution in [0.4, 0.5) is 4.79 Å². The zero-order valence-electron chi connectivity index (χ0n) is 30.3. The van der Waals surface area contributed by atoms with Crippen LogP contribution in [-0.2, 0) is 36.8 Å². The van der Waals surface area contributed by atoms with Gasteiger partial charge in [-0.25, -0.2) is 19.9 Å². The maximum Gasteiger partial charge on any atom is 0.408 e. The summed E-state index contributed by atoms with van der Waals surface area (Å²) in [4.78, 5) is 69.2. The van der Waals surface area contributed by atoms with Gasteiger partial charge in [0.15, 0.2) is 6.61 Å². The fourth-order valence-corrected chi connectivity index (χ4v) is 5.63. The number of hydroxylamine groups is 1. The molecule has 0 saturated carbocycles. The van der Waals surface area contributed by atoms with Crippen LogP contribution in [0.5, 0.6) is 5.75 Å². The summed E-state index contributed by atoms with van der Waals surface area (Å²) in [5.41, 5.74) is 4.42. The van der Waals surface area contributed by atoms with Crippen LogP contribution in [-0.4, -0.2) is 71.0 Å². The number of carboxylic acids is 2. The van der Waals surface area contributed by atoms with Crippen molar-refractivity contribution in [2.45, 2.75) is 63.6 Å². The fourth-order valence-electron chi connectivity index (χ4n) is 5.63. The van der Waals surface area contributed by atoms with E-state index < -0.39 is 54.1 Å². The average molecular weight is 740 g/mol. The van der Waals surface area contributed by atoms with Crippen molar-refractivity contribution in [3.05, 3.63) is 137 Å². The van der Waals surface area contributed by atoms with E-state index >= 15 is 0 Å². The van der Waals surface area contributed by atoms with Crippen LogP contribution < -0.4 is 20.9 Å². The Morgan fingerprint density at radius 1 is 0.685 bits per heavy atom. The van der Waals surface area contributed by atoms with E-state index in [0.29, 0.717) is 12.0 Å². The van der Waals surface area contributed by atoms with Crippen LogP contribution >= 0.6 is 0 Å². The van der Waals surface area contributed by atoms with Crippen LogP contribution in [0.15, 0.2) is 109 Å². The molecule has 0 aromatic heterocycles. The van der Waals surface area contributed by atoms with Crippen molar-refractivity contribution in [1.82, 2.24) is 16.1 Å². The monoisotopic (exact) mass is 739 g/mol. The number of carboxylic acid groups (broad SMARTS) is 2. The van der Waals surface area contributed by atoms with Gasteiger partial charge < -0.3 is 30.3 Å². The van der Waals surface area contributed by atoms with E-state index in [2.05, 4.69) is 16.1 Å². The van der Waals surface area contributed by atoms with E-state index in [1.807, 2.05) is 66.7 Å². The Morgan fingerprint density at radius 2 is 1.24 bits per heavy atom. The minimum Gasteiger partial charge on any atom is -0.481 e. The molecule has 4 aromatic rings. The highest BCUT2D eigenvalue weighted by Gasteiger charge is 2.30. The molecule has 0 saturated heterocycles. The number of alkyl carbamates (subject to hydrolysis) is 1. The van der Waals surface area contributed by atoms with Crippen LogP contribution in [0.1, 0.15) is 65.7 Å². The molecule has 0 fully saturated rings. The molecule has 4 rings (SSSR count). The molecular formula is C41H45N3O10. The van der Waals surface area contributed by atoms with Gasteiger partial charge in [0.2, 0.25) is 5.91 Å². The minimum atomic E-state index is -1.39. The summed E-state index contributed by atoms with van der Waals surface area (Å²) in [6.07, 6.45) is -0.473. The molecule has 4 aromatic carbocycles. The highest BCUT2D eigenvalue weighted by molar-refractivity contribution is 5.92. The number of carbonyl (C=O) groups excluding carboxylic acids is 3. The van der Waals surface area contributed by atoms with Crippen LogP contribution in [0.3, 0.4) is 0 Å². The Morgan fingerprint density at radius 3 is 1.80 bits per heavy atom. The van der Waals surface area contributed by atoms with Gasteiger partial charge in [0.1, 0.15) is 29.0 Å². The van der Waals surface area contributed by atoms with Gasteiger partial charge in [-0.1, -0.05) is 97.1 Å². The van der Waals surface area contributed by atoms with Gasteiger partial charge in [-0.05, 0) is 61.6 Å². The van der Waals surface area contributed by atoms with E-state index in [1.54, 1.807) is 45.0 Å². The summed E-state index contributed by atoms with van der Waals surface area (Å²) >= 11 is 0. The van der Waals surface area contributed by atoms with Gasteiger partial charge in [-0.15, -0.1) is 0 Å². The van der Waals surface area contributed by atoms with E-state index in [0.717, 1.165) is 16.7 Å². The predicted molar refractivity (Wildman–Crippen MR) is 199 cm³/mol. The standard InChI is InChI=1S/C41H45N3O10/c1-41(2,3)54-40(51)43-33(24-27-13-7-4-8-14-27)37(47)42-34(25-28-19-20-35(52-26-36(45)46)32(23-28)39(49)50)38(48)44-53-22-21-31(29-15-9-5-10-16-29)30-17-11-6-12-18-30/h4-20,23,31,33-34H,21-22,24-26H2,1-3H3,(H,42,47)(H,43,51)(H,44,48)(H,45,46)(H,49,50)/t33-,34-/m0/s1. The van der Waals surface area contributed by atoms with Crippen molar-refractivity contribution in [3.63, 3.8) is 0 Å². The molecular weight excluding hydrogens is 694 g/mol. The van der Waals surface area contributed by atoms with Crippen LogP contribution in [0.25, 0.3) is 0 Å². The highest BCUT2D eigenvalue weighted by Crippen LogP contribution is 2.28. The van der Waals surface area contributed by atoms with Gasteiger partial charge in [-0.3, -0.25) is 14.4 Å². The predicted octanol–water partition coefficient (Wildman–Crippen LogP) is 5.28. The molecule has 0 radical (unpaired) electrons. The Labute approximate surface area is 313 Å². The highest BCUT2D eigenvalue weighted by atomic mass is 16.7. The number of nitrogens with one attached hydrogen (secondary N) is 3. The molecule has 284 valence electrons. The van der Waals surface area contributed by atoms with Crippen molar-refractivity contribution >= 4 is 29.8 Å². The third kappa shape index (κ3) is 13.1. The quantitative estimate of drug-likeness (QED) is 0.0663. The summed E-state index contributed by atoms with van der Waals surface area (Å²) in [7, 11) is 0.